The predicted octanol–water partition coefficient (Wildman–Crippen LogP) is 1.57. The van der Waals surface area contributed by atoms with Gasteiger partial charge in [0.2, 0.25) is 0 Å². The number of hydrogen-bond donors (Lipinski definition) is 4. The number of phenolic OH excluding ortho intramolecular Hbond substituents is 1. The van der Waals surface area contributed by atoms with Crippen LogP contribution in [0.25, 0.3) is 0 Å². The van der Waals surface area contributed by atoms with Crippen LogP contribution in [0.1, 0.15) is 44.0 Å². The van der Waals surface area contributed by atoms with Crippen molar-refractivity contribution in [3.8, 4) is 5.75 Å². The average molecular weight is 420 g/mol. The molecule has 0 saturated carbocycles. The lowest BCUT2D eigenvalue weighted by molar-refractivity contribution is 0.0532. The summed E-state index contributed by atoms with van der Waals surface area (Å²) in [4.78, 5) is 19.1. The minimum absolute atomic E-state index is 0.0179. The Morgan fingerprint density at radius 1 is 1.27 bits per heavy atom. The Morgan fingerprint density at radius 2 is 2.00 bits per heavy atom. The molecule has 1 aromatic rings. The van der Waals surface area contributed by atoms with Crippen molar-refractivity contribution in [1.82, 2.24) is 20.9 Å². The Morgan fingerprint density at radius 3 is 2.67 bits per heavy atom. The van der Waals surface area contributed by atoms with E-state index in [4.69, 9.17) is 4.74 Å². The number of carbonyl (C=O) groups is 1. The number of phenols is 1. The first-order chi connectivity index (χ1) is 14.5. The summed E-state index contributed by atoms with van der Waals surface area (Å²) >= 11 is 0. The summed E-state index contributed by atoms with van der Waals surface area (Å²) in [6, 6.07) is 6.90. The zero-order valence-corrected chi connectivity index (χ0v) is 18.5. The zero-order valence-electron chi connectivity index (χ0n) is 18.5. The van der Waals surface area contributed by atoms with Crippen molar-refractivity contribution >= 4 is 11.9 Å². The van der Waals surface area contributed by atoms with E-state index < -0.39 is 0 Å². The van der Waals surface area contributed by atoms with E-state index in [2.05, 4.69) is 39.7 Å². The minimum Gasteiger partial charge on any atom is -0.507 e. The molecule has 8 nitrogen and oxygen atoms in total. The number of likely N-dealkylation sites (tertiary alicyclic amines) is 1. The summed E-state index contributed by atoms with van der Waals surface area (Å²) in [7, 11) is 0. The molecule has 1 saturated heterocycles. The predicted molar refractivity (Wildman–Crippen MR) is 120 cm³/mol. The molecule has 30 heavy (non-hydrogen) atoms. The number of aliphatic imine (C=N–C) groups is 1. The summed E-state index contributed by atoms with van der Waals surface area (Å²) in [6.45, 7) is 11.7. The molecule has 0 spiro atoms. The van der Waals surface area contributed by atoms with Crippen LogP contribution < -0.4 is 16.0 Å². The molecule has 0 aromatic heterocycles. The first kappa shape index (κ1) is 24.0. The number of para-hydroxylation sites is 1. The fourth-order valence-corrected chi connectivity index (χ4v) is 3.33. The van der Waals surface area contributed by atoms with Gasteiger partial charge in [0.25, 0.3) is 5.91 Å². The highest BCUT2D eigenvalue weighted by Crippen LogP contribution is 2.14. The number of nitrogens with one attached hydrogen (secondary N) is 3. The van der Waals surface area contributed by atoms with Crippen LogP contribution in [0.5, 0.6) is 5.75 Å². The van der Waals surface area contributed by atoms with E-state index in [0.29, 0.717) is 19.1 Å². The lowest BCUT2D eigenvalue weighted by Crippen LogP contribution is -2.49. The first-order valence-electron chi connectivity index (χ1n) is 10.9. The van der Waals surface area contributed by atoms with Gasteiger partial charge in [-0.2, -0.15) is 0 Å². The summed E-state index contributed by atoms with van der Waals surface area (Å²) in [5.41, 5.74) is 0.275. The topological polar surface area (TPSA) is 98.2 Å². The van der Waals surface area contributed by atoms with Gasteiger partial charge in [-0.3, -0.25) is 9.79 Å². The SMILES string of the molecule is CCNC(=NCCNC(=O)c1ccccc1O)NC1CCN(CCOC(C)C)CC1. The van der Waals surface area contributed by atoms with Gasteiger partial charge in [0.1, 0.15) is 5.75 Å². The van der Waals surface area contributed by atoms with Crippen LogP contribution in [-0.4, -0.2) is 79.9 Å². The molecular formula is C22H37N5O3. The molecule has 2 rings (SSSR count). The maximum atomic E-state index is 12.1. The van der Waals surface area contributed by atoms with Crippen molar-refractivity contribution in [2.45, 2.75) is 45.8 Å². The maximum absolute atomic E-state index is 12.1. The van der Waals surface area contributed by atoms with Gasteiger partial charge < -0.3 is 30.7 Å². The van der Waals surface area contributed by atoms with Crippen LogP contribution in [-0.2, 0) is 4.74 Å². The lowest BCUT2D eigenvalue weighted by atomic mass is 10.1. The Labute approximate surface area is 180 Å². The number of rotatable bonds is 10. The molecule has 1 aliphatic rings. The van der Waals surface area contributed by atoms with Crippen molar-refractivity contribution in [2.75, 3.05) is 45.9 Å². The molecule has 0 aliphatic carbocycles. The molecule has 1 aromatic carbocycles. The van der Waals surface area contributed by atoms with Crippen LogP contribution in [0, 0.1) is 0 Å². The molecule has 0 unspecified atom stereocenters. The third kappa shape index (κ3) is 8.59. The van der Waals surface area contributed by atoms with Gasteiger partial charge in [0.05, 0.1) is 24.8 Å². The maximum Gasteiger partial charge on any atom is 0.255 e. The Bertz CT molecular complexity index is 672. The van der Waals surface area contributed by atoms with Crippen LogP contribution in [0.15, 0.2) is 29.3 Å². The molecule has 4 N–H and O–H groups in total. The van der Waals surface area contributed by atoms with Crippen LogP contribution in [0.2, 0.25) is 0 Å². The number of benzene rings is 1. The molecule has 168 valence electrons. The number of ether oxygens (including phenoxy) is 1. The van der Waals surface area contributed by atoms with Gasteiger partial charge in [-0.05, 0) is 45.7 Å². The minimum atomic E-state index is -0.296. The quantitative estimate of drug-likeness (QED) is 0.261. The van der Waals surface area contributed by atoms with E-state index in [-0.39, 0.29) is 23.3 Å². The molecule has 1 amide bonds. The molecule has 1 heterocycles. The lowest BCUT2D eigenvalue weighted by Gasteiger charge is -2.33. The van der Waals surface area contributed by atoms with Gasteiger partial charge in [-0.1, -0.05) is 12.1 Å². The highest BCUT2D eigenvalue weighted by atomic mass is 16.5. The van der Waals surface area contributed by atoms with Gasteiger partial charge >= 0.3 is 0 Å². The van der Waals surface area contributed by atoms with Crippen LogP contribution in [0.3, 0.4) is 0 Å². The van der Waals surface area contributed by atoms with Crippen molar-refractivity contribution in [1.29, 1.82) is 0 Å². The molecule has 0 bridgehead atoms. The average Bonchev–Trinajstić information content (AvgIpc) is 2.72. The summed E-state index contributed by atoms with van der Waals surface area (Å²) in [6.07, 6.45) is 2.41. The summed E-state index contributed by atoms with van der Waals surface area (Å²) in [5, 5.41) is 19.3. The van der Waals surface area contributed by atoms with Crippen LogP contribution >= 0.6 is 0 Å². The monoisotopic (exact) mass is 419 g/mol. The number of guanidine groups is 1. The molecule has 8 heteroatoms. The van der Waals surface area contributed by atoms with E-state index in [9.17, 15) is 9.90 Å². The first-order valence-corrected chi connectivity index (χ1v) is 10.9. The highest BCUT2D eigenvalue weighted by Gasteiger charge is 2.19. The standard InChI is InChI=1S/C22H37N5O3/c1-4-23-22(25-12-11-24-21(29)19-7-5-6-8-20(19)28)26-18-9-13-27(14-10-18)15-16-30-17(2)3/h5-8,17-18,28H,4,9-16H2,1-3H3,(H,24,29)(H2,23,25,26). The van der Waals surface area contributed by atoms with Crippen molar-refractivity contribution < 1.29 is 14.6 Å². The molecule has 0 atom stereocenters. The summed E-state index contributed by atoms with van der Waals surface area (Å²) in [5.74, 6) is 0.460. The van der Waals surface area contributed by atoms with Gasteiger partial charge in [0, 0.05) is 38.8 Å². The van der Waals surface area contributed by atoms with E-state index in [1.165, 1.54) is 6.07 Å². The second-order valence-electron chi connectivity index (χ2n) is 7.71. The third-order valence-corrected chi connectivity index (χ3v) is 4.95. The highest BCUT2D eigenvalue weighted by molar-refractivity contribution is 5.96. The Kier molecular flexibility index (Phi) is 10.4. The number of hydrogen-bond acceptors (Lipinski definition) is 5. The smallest absolute Gasteiger partial charge is 0.255 e. The van der Waals surface area contributed by atoms with Crippen molar-refractivity contribution in [3.63, 3.8) is 0 Å². The largest absolute Gasteiger partial charge is 0.507 e. The van der Waals surface area contributed by atoms with Crippen molar-refractivity contribution in [3.05, 3.63) is 29.8 Å². The molecule has 1 aliphatic heterocycles. The molecule has 1 fully saturated rings. The van der Waals surface area contributed by atoms with Gasteiger partial charge in [-0.25, -0.2) is 0 Å². The van der Waals surface area contributed by atoms with E-state index in [1.54, 1.807) is 18.2 Å². The van der Waals surface area contributed by atoms with Crippen LogP contribution in [0.4, 0.5) is 0 Å². The number of amides is 1. The normalized spacial score (nSPS) is 15.9. The number of carbonyl (C=O) groups excluding carboxylic acids is 1. The van der Waals surface area contributed by atoms with Crippen molar-refractivity contribution in [2.24, 2.45) is 4.99 Å². The van der Waals surface area contributed by atoms with E-state index in [0.717, 1.165) is 51.6 Å². The summed E-state index contributed by atoms with van der Waals surface area (Å²) < 4.78 is 5.64. The second kappa shape index (κ2) is 13.1. The molecule has 0 radical (unpaired) electrons. The third-order valence-electron chi connectivity index (χ3n) is 4.95. The Balaban J connectivity index is 1.71. The number of aromatic hydroxyl groups is 1. The second-order valence-corrected chi connectivity index (χ2v) is 7.71. The number of nitrogens with zero attached hydrogens (tertiary/aromatic N) is 2. The number of piperidine rings is 1. The van der Waals surface area contributed by atoms with E-state index in [1.807, 2.05) is 6.92 Å². The fourth-order valence-electron chi connectivity index (χ4n) is 3.33. The zero-order chi connectivity index (χ0) is 21.8. The Hall–Kier alpha value is -2.32. The van der Waals surface area contributed by atoms with Gasteiger partial charge in [0.15, 0.2) is 5.96 Å². The molecular weight excluding hydrogens is 382 g/mol. The van der Waals surface area contributed by atoms with E-state index >= 15 is 0 Å². The fraction of sp³-hybridized carbons (Fsp3) is 0.636. The van der Waals surface area contributed by atoms with Gasteiger partial charge in [-0.15, -0.1) is 0 Å².